The number of piperidine rings is 1. The highest BCUT2D eigenvalue weighted by Crippen LogP contribution is 2.21. The van der Waals surface area contributed by atoms with Gasteiger partial charge in [-0.15, -0.1) is 11.3 Å². The molecule has 1 saturated heterocycles. The van der Waals surface area contributed by atoms with Crippen LogP contribution in [0, 0.1) is 5.92 Å². The second-order valence-electron chi connectivity index (χ2n) is 4.35. The molecule has 1 aliphatic heterocycles. The van der Waals surface area contributed by atoms with Crippen molar-refractivity contribution in [3.63, 3.8) is 0 Å². The maximum atomic E-state index is 9.58. The van der Waals surface area contributed by atoms with Gasteiger partial charge in [0.05, 0.1) is 11.6 Å². The molecule has 0 aromatic carbocycles. The summed E-state index contributed by atoms with van der Waals surface area (Å²) in [5.41, 5.74) is 1.88. The first-order valence-corrected chi connectivity index (χ1v) is 6.41. The highest BCUT2D eigenvalue weighted by Gasteiger charge is 2.23. The second-order valence-corrected chi connectivity index (χ2v) is 5.32. The van der Waals surface area contributed by atoms with E-state index >= 15 is 0 Å². The predicted octanol–water partition coefficient (Wildman–Crippen LogP) is 1.74. The molecule has 1 aliphatic rings. The number of thiazole rings is 1. The zero-order chi connectivity index (χ0) is 10.7. The normalized spacial score (nSPS) is 25.3. The summed E-state index contributed by atoms with van der Waals surface area (Å²) in [4.78, 5) is 7.83. The van der Waals surface area contributed by atoms with E-state index in [-0.39, 0.29) is 6.10 Å². The maximum absolute atomic E-state index is 9.58. The van der Waals surface area contributed by atoms with E-state index in [9.17, 15) is 5.11 Å². The SMILES string of the molecule is C[C@@H](O)[C@H]1CCCN(Cc2cncs2)C1. The van der Waals surface area contributed by atoms with Crippen LogP contribution >= 0.6 is 11.3 Å². The minimum absolute atomic E-state index is 0.172. The summed E-state index contributed by atoms with van der Waals surface area (Å²) in [5, 5.41) is 9.58. The Labute approximate surface area is 94.8 Å². The van der Waals surface area contributed by atoms with Crippen molar-refractivity contribution in [1.82, 2.24) is 9.88 Å². The molecule has 1 N–H and O–H groups in total. The van der Waals surface area contributed by atoms with Gasteiger partial charge in [0.1, 0.15) is 0 Å². The molecule has 0 saturated carbocycles. The van der Waals surface area contributed by atoms with Crippen molar-refractivity contribution in [2.45, 2.75) is 32.4 Å². The van der Waals surface area contributed by atoms with Gasteiger partial charge in [-0.1, -0.05) is 0 Å². The Balaban J connectivity index is 1.88. The molecule has 0 aliphatic carbocycles. The molecule has 2 heterocycles. The van der Waals surface area contributed by atoms with Crippen molar-refractivity contribution >= 4 is 11.3 Å². The van der Waals surface area contributed by atoms with Crippen LogP contribution in [0.4, 0.5) is 0 Å². The van der Waals surface area contributed by atoms with Gasteiger partial charge in [-0.2, -0.15) is 0 Å². The monoisotopic (exact) mass is 226 g/mol. The van der Waals surface area contributed by atoms with Crippen LogP contribution in [0.3, 0.4) is 0 Å². The van der Waals surface area contributed by atoms with Gasteiger partial charge in [-0.3, -0.25) is 9.88 Å². The topological polar surface area (TPSA) is 36.4 Å². The van der Waals surface area contributed by atoms with Gasteiger partial charge in [-0.05, 0) is 32.2 Å². The quantitative estimate of drug-likeness (QED) is 0.853. The molecular formula is C11H18N2OS. The second kappa shape index (κ2) is 5.05. The van der Waals surface area contributed by atoms with Crippen molar-refractivity contribution < 1.29 is 5.11 Å². The fraction of sp³-hybridized carbons (Fsp3) is 0.727. The van der Waals surface area contributed by atoms with Crippen LogP contribution in [0.2, 0.25) is 0 Å². The predicted molar refractivity (Wildman–Crippen MR) is 61.8 cm³/mol. The highest BCUT2D eigenvalue weighted by atomic mass is 32.1. The van der Waals surface area contributed by atoms with E-state index in [2.05, 4.69) is 9.88 Å². The Morgan fingerprint density at radius 3 is 3.27 bits per heavy atom. The summed E-state index contributed by atoms with van der Waals surface area (Å²) in [5.74, 6) is 0.451. The molecule has 0 amide bonds. The van der Waals surface area contributed by atoms with Crippen molar-refractivity contribution in [3.8, 4) is 0 Å². The third-order valence-electron chi connectivity index (χ3n) is 3.09. The smallest absolute Gasteiger partial charge is 0.0794 e. The third kappa shape index (κ3) is 3.00. The molecule has 1 aromatic heterocycles. The number of aliphatic hydroxyl groups is 1. The van der Waals surface area contributed by atoms with Gasteiger partial charge in [0.15, 0.2) is 0 Å². The average molecular weight is 226 g/mol. The Bertz CT molecular complexity index is 287. The van der Waals surface area contributed by atoms with Crippen molar-refractivity contribution in [1.29, 1.82) is 0 Å². The van der Waals surface area contributed by atoms with Crippen LogP contribution in [0.25, 0.3) is 0 Å². The van der Waals surface area contributed by atoms with Crippen LogP contribution < -0.4 is 0 Å². The number of rotatable bonds is 3. The first-order chi connectivity index (χ1) is 7.25. The van der Waals surface area contributed by atoms with Gasteiger partial charge in [0.2, 0.25) is 0 Å². The molecule has 1 aromatic rings. The highest BCUT2D eigenvalue weighted by molar-refractivity contribution is 7.09. The molecule has 3 nitrogen and oxygen atoms in total. The van der Waals surface area contributed by atoms with Crippen molar-refractivity contribution in [2.75, 3.05) is 13.1 Å². The first kappa shape index (κ1) is 11.0. The lowest BCUT2D eigenvalue weighted by molar-refractivity contribution is 0.0603. The minimum Gasteiger partial charge on any atom is -0.393 e. The fourth-order valence-electron chi connectivity index (χ4n) is 2.17. The van der Waals surface area contributed by atoms with E-state index in [0.29, 0.717) is 5.92 Å². The molecule has 15 heavy (non-hydrogen) atoms. The van der Waals surface area contributed by atoms with Crippen LogP contribution in [0.1, 0.15) is 24.6 Å². The first-order valence-electron chi connectivity index (χ1n) is 5.53. The maximum Gasteiger partial charge on any atom is 0.0794 e. The summed E-state index contributed by atoms with van der Waals surface area (Å²) in [7, 11) is 0. The number of aliphatic hydroxyl groups excluding tert-OH is 1. The molecule has 84 valence electrons. The van der Waals surface area contributed by atoms with E-state index in [1.807, 2.05) is 18.6 Å². The van der Waals surface area contributed by atoms with Crippen molar-refractivity contribution in [3.05, 3.63) is 16.6 Å². The van der Waals surface area contributed by atoms with E-state index in [4.69, 9.17) is 0 Å². The minimum atomic E-state index is -0.172. The van der Waals surface area contributed by atoms with Crippen molar-refractivity contribution in [2.24, 2.45) is 5.92 Å². The Hall–Kier alpha value is -0.450. The molecule has 0 spiro atoms. The van der Waals surface area contributed by atoms with Crippen LogP contribution in [-0.2, 0) is 6.54 Å². The molecule has 2 atom stereocenters. The molecule has 0 unspecified atom stereocenters. The number of hydrogen-bond donors (Lipinski definition) is 1. The standard InChI is InChI=1S/C11H18N2OS/c1-9(14)10-3-2-4-13(6-10)7-11-5-12-8-15-11/h5,8-10,14H,2-4,6-7H2,1H3/t9-,10+/m1/s1. The van der Waals surface area contributed by atoms with E-state index in [0.717, 1.165) is 26.1 Å². The van der Waals surface area contributed by atoms with E-state index < -0.39 is 0 Å². The fourth-order valence-corrected chi connectivity index (χ4v) is 2.81. The van der Waals surface area contributed by atoms with Crippen LogP contribution in [-0.4, -0.2) is 34.2 Å². The number of likely N-dealkylation sites (tertiary alicyclic amines) is 1. The lowest BCUT2D eigenvalue weighted by atomic mass is 9.93. The summed E-state index contributed by atoms with van der Waals surface area (Å²) in [6.07, 6.45) is 4.14. The van der Waals surface area contributed by atoms with Gasteiger partial charge in [0, 0.05) is 24.2 Å². The lowest BCUT2D eigenvalue weighted by Gasteiger charge is -2.33. The molecule has 1 fully saturated rings. The summed E-state index contributed by atoms with van der Waals surface area (Å²) < 4.78 is 0. The van der Waals surface area contributed by atoms with Gasteiger partial charge in [-0.25, -0.2) is 0 Å². The Morgan fingerprint density at radius 2 is 2.60 bits per heavy atom. The van der Waals surface area contributed by atoms with E-state index in [1.165, 1.54) is 11.3 Å². The number of nitrogens with zero attached hydrogens (tertiary/aromatic N) is 2. The Morgan fingerprint density at radius 1 is 1.73 bits per heavy atom. The molecule has 2 rings (SSSR count). The number of aromatic nitrogens is 1. The van der Waals surface area contributed by atoms with Crippen LogP contribution in [0.15, 0.2) is 11.7 Å². The van der Waals surface area contributed by atoms with Gasteiger partial charge >= 0.3 is 0 Å². The summed E-state index contributed by atoms with van der Waals surface area (Å²) >= 11 is 1.71. The zero-order valence-corrected chi connectivity index (χ0v) is 9.91. The molecule has 0 radical (unpaired) electrons. The Kier molecular flexibility index (Phi) is 3.72. The van der Waals surface area contributed by atoms with Crippen LogP contribution in [0.5, 0.6) is 0 Å². The zero-order valence-electron chi connectivity index (χ0n) is 9.09. The van der Waals surface area contributed by atoms with Gasteiger partial charge in [0.25, 0.3) is 0 Å². The third-order valence-corrected chi connectivity index (χ3v) is 3.85. The molecule has 4 heteroatoms. The summed E-state index contributed by atoms with van der Waals surface area (Å²) in [6, 6.07) is 0. The number of hydrogen-bond acceptors (Lipinski definition) is 4. The largest absolute Gasteiger partial charge is 0.393 e. The molecular weight excluding hydrogens is 208 g/mol. The summed E-state index contributed by atoms with van der Waals surface area (Å²) in [6.45, 7) is 5.07. The van der Waals surface area contributed by atoms with E-state index in [1.54, 1.807) is 11.3 Å². The lowest BCUT2D eigenvalue weighted by Crippen LogP contribution is -2.38. The molecule has 0 bridgehead atoms. The van der Waals surface area contributed by atoms with Gasteiger partial charge < -0.3 is 5.11 Å². The average Bonchev–Trinajstić information content (AvgIpc) is 2.71.